The van der Waals surface area contributed by atoms with E-state index < -0.39 is 12.1 Å². The molecule has 0 saturated heterocycles. The van der Waals surface area contributed by atoms with Gasteiger partial charge in [0.05, 0.1) is 0 Å². The fourth-order valence-corrected chi connectivity index (χ4v) is 2.44. The first-order valence-corrected chi connectivity index (χ1v) is 7.79. The molecule has 0 bridgehead atoms. The molecule has 1 heterocycles. The maximum atomic E-state index is 12.3. The summed E-state index contributed by atoms with van der Waals surface area (Å²) in [6.45, 7) is 2.01. The number of alkyl halides is 3. The summed E-state index contributed by atoms with van der Waals surface area (Å²) < 4.78 is 42.8. The van der Waals surface area contributed by atoms with E-state index >= 15 is 0 Å². The Morgan fingerprint density at radius 1 is 1.12 bits per heavy atom. The van der Waals surface area contributed by atoms with Crippen LogP contribution in [0.5, 0.6) is 5.75 Å². The number of ether oxygens (including phenoxy) is 1. The molecule has 1 aromatic heterocycles. The summed E-state index contributed by atoms with van der Waals surface area (Å²) in [6.07, 6.45) is -4.93. The van der Waals surface area contributed by atoms with Gasteiger partial charge in [-0.25, -0.2) is 4.98 Å². The molecule has 3 aromatic rings. The molecule has 0 radical (unpaired) electrons. The standard InChI is InChI=1S/C19H15F3N2O2/c1-12-8-9-14-5-3-7-16(17(14)23-12)26-11-13-4-2-6-15(10-13)24-18(25)19(20,21)22/h2-10H,11H2,1H3,(H,24,25). The van der Waals surface area contributed by atoms with Crippen molar-refractivity contribution in [2.75, 3.05) is 5.32 Å². The fraction of sp³-hybridized carbons (Fsp3) is 0.158. The van der Waals surface area contributed by atoms with Crippen LogP contribution in [0.1, 0.15) is 11.3 Å². The number of rotatable bonds is 4. The van der Waals surface area contributed by atoms with Gasteiger partial charge in [0.25, 0.3) is 0 Å². The van der Waals surface area contributed by atoms with Crippen molar-refractivity contribution in [3.05, 3.63) is 65.9 Å². The molecular weight excluding hydrogens is 345 g/mol. The van der Waals surface area contributed by atoms with E-state index in [2.05, 4.69) is 4.98 Å². The largest absolute Gasteiger partial charge is 0.487 e. The minimum Gasteiger partial charge on any atom is -0.487 e. The maximum Gasteiger partial charge on any atom is 0.471 e. The second kappa shape index (κ2) is 7.03. The number of aryl methyl sites for hydroxylation is 1. The number of fused-ring (bicyclic) bond motifs is 1. The van der Waals surface area contributed by atoms with Crippen molar-refractivity contribution in [3.63, 3.8) is 0 Å². The highest BCUT2D eigenvalue weighted by molar-refractivity contribution is 5.94. The lowest BCUT2D eigenvalue weighted by atomic mass is 10.2. The van der Waals surface area contributed by atoms with E-state index in [4.69, 9.17) is 4.74 Å². The van der Waals surface area contributed by atoms with Crippen LogP contribution in [0.2, 0.25) is 0 Å². The average molecular weight is 360 g/mol. The number of hydrogen-bond acceptors (Lipinski definition) is 3. The van der Waals surface area contributed by atoms with Crippen LogP contribution in [0.3, 0.4) is 0 Å². The molecule has 134 valence electrons. The second-order valence-corrected chi connectivity index (χ2v) is 5.72. The highest BCUT2D eigenvalue weighted by Gasteiger charge is 2.38. The lowest BCUT2D eigenvalue weighted by molar-refractivity contribution is -0.167. The van der Waals surface area contributed by atoms with Gasteiger partial charge < -0.3 is 10.1 Å². The van der Waals surface area contributed by atoms with Crippen molar-refractivity contribution in [3.8, 4) is 5.75 Å². The molecule has 1 amide bonds. The molecule has 0 spiro atoms. The van der Waals surface area contributed by atoms with Crippen LogP contribution in [-0.4, -0.2) is 17.1 Å². The Morgan fingerprint density at radius 3 is 2.65 bits per heavy atom. The topological polar surface area (TPSA) is 51.2 Å². The number of nitrogens with one attached hydrogen (secondary N) is 1. The van der Waals surface area contributed by atoms with Gasteiger partial charge in [-0.15, -0.1) is 0 Å². The number of pyridine rings is 1. The number of amides is 1. The van der Waals surface area contributed by atoms with Crippen LogP contribution in [-0.2, 0) is 11.4 Å². The molecule has 0 saturated carbocycles. The normalized spacial score (nSPS) is 11.4. The number of carbonyl (C=O) groups is 1. The van der Waals surface area contributed by atoms with Gasteiger partial charge in [-0.1, -0.05) is 30.3 Å². The van der Waals surface area contributed by atoms with Gasteiger partial charge in [-0.05, 0) is 36.8 Å². The molecule has 2 aromatic carbocycles. The highest BCUT2D eigenvalue weighted by atomic mass is 19.4. The van der Waals surface area contributed by atoms with Crippen molar-refractivity contribution in [2.45, 2.75) is 19.7 Å². The van der Waals surface area contributed by atoms with Crippen LogP contribution < -0.4 is 10.1 Å². The van der Waals surface area contributed by atoms with E-state index in [-0.39, 0.29) is 12.3 Å². The van der Waals surface area contributed by atoms with Gasteiger partial charge >= 0.3 is 12.1 Å². The quantitative estimate of drug-likeness (QED) is 0.738. The van der Waals surface area contributed by atoms with Gasteiger partial charge in [-0.3, -0.25) is 4.79 Å². The third-order valence-electron chi connectivity index (χ3n) is 3.66. The summed E-state index contributed by atoms with van der Waals surface area (Å²) in [5.74, 6) is -1.43. The third kappa shape index (κ3) is 4.11. The first-order chi connectivity index (χ1) is 12.3. The van der Waals surface area contributed by atoms with Crippen molar-refractivity contribution in [1.29, 1.82) is 0 Å². The zero-order chi connectivity index (χ0) is 18.7. The summed E-state index contributed by atoms with van der Waals surface area (Å²) in [4.78, 5) is 15.5. The molecule has 3 rings (SSSR count). The summed E-state index contributed by atoms with van der Waals surface area (Å²) in [6, 6.07) is 15.5. The van der Waals surface area contributed by atoms with Gasteiger partial charge in [0, 0.05) is 16.8 Å². The molecule has 0 aliphatic carbocycles. The molecule has 7 heteroatoms. The third-order valence-corrected chi connectivity index (χ3v) is 3.66. The molecule has 4 nitrogen and oxygen atoms in total. The first kappa shape index (κ1) is 17.7. The molecule has 1 N–H and O–H groups in total. The molecular formula is C19H15F3N2O2. The Hall–Kier alpha value is -3.09. The number of para-hydroxylation sites is 1. The molecule has 0 aliphatic rings. The van der Waals surface area contributed by atoms with E-state index in [9.17, 15) is 18.0 Å². The average Bonchev–Trinajstić information content (AvgIpc) is 2.59. The summed E-state index contributed by atoms with van der Waals surface area (Å²) >= 11 is 0. The molecule has 0 fully saturated rings. The first-order valence-electron chi connectivity index (χ1n) is 7.79. The van der Waals surface area contributed by atoms with E-state index in [1.165, 1.54) is 12.1 Å². The Morgan fingerprint density at radius 2 is 1.88 bits per heavy atom. The number of aromatic nitrogens is 1. The predicted molar refractivity (Wildman–Crippen MR) is 91.9 cm³/mol. The minimum atomic E-state index is -4.93. The van der Waals surface area contributed by atoms with Gasteiger partial charge in [-0.2, -0.15) is 13.2 Å². The fourth-order valence-electron chi connectivity index (χ4n) is 2.44. The second-order valence-electron chi connectivity index (χ2n) is 5.72. The van der Waals surface area contributed by atoms with Crippen LogP contribution in [0.15, 0.2) is 54.6 Å². The Kier molecular flexibility index (Phi) is 4.79. The molecule has 0 unspecified atom stereocenters. The highest BCUT2D eigenvalue weighted by Crippen LogP contribution is 2.25. The van der Waals surface area contributed by atoms with Crippen LogP contribution in [0.25, 0.3) is 10.9 Å². The van der Waals surface area contributed by atoms with Crippen LogP contribution in [0.4, 0.5) is 18.9 Å². The number of nitrogens with zero attached hydrogens (tertiary/aromatic N) is 1. The van der Waals surface area contributed by atoms with E-state index in [1.807, 2.05) is 36.5 Å². The number of carbonyl (C=O) groups excluding carboxylic acids is 1. The lowest BCUT2D eigenvalue weighted by Gasteiger charge is -2.11. The van der Waals surface area contributed by atoms with Crippen molar-refractivity contribution >= 4 is 22.5 Å². The predicted octanol–water partition coefficient (Wildman–Crippen LogP) is 4.62. The zero-order valence-electron chi connectivity index (χ0n) is 13.8. The Bertz CT molecular complexity index is 955. The number of anilines is 1. The van der Waals surface area contributed by atoms with Gasteiger partial charge in [0.15, 0.2) is 0 Å². The smallest absolute Gasteiger partial charge is 0.471 e. The van der Waals surface area contributed by atoms with Crippen LogP contribution >= 0.6 is 0 Å². The van der Waals surface area contributed by atoms with Crippen molar-refractivity contribution < 1.29 is 22.7 Å². The summed E-state index contributed by atoms with van der Waals surface area (Å²) in [7, 11) is 0. The lowest BCUT2D eigenvalue weighted by Crippen LogP contribution is -2.29. The number of halogens is 3. The maximum absolute atomic E-state index is 12.3. The zero-order valence-corrected chi connectivity index (χ0v) is 13.8. The molecule has 0 atom stereocenters. The van der Waals surface area contributed by atoms with Gasteiger partial charge in [0.2, 0.25) is 0 Å². The Labute approximate surface area is 147 Å². The monoisotopic (exact) mass is 360 g/mol. The van der Waals surface area contributed by atoms with E-state index in [0.717, 1.165) is 11.1 Å². The SMILES string of the molecule is Cc1ccc2cccc(OCc3cccc(NC(=O)C(F)(F)F)c3)c2n1. The molecule has 0 aliphatic heterocycles. The van der Waals surface area contributed by atoms with E-state index in [0.29, 0.717) is 16.8 Å². The van der Waals surface area contributed by atoms with E-state index in [1.54, 1.807) is 18.2 Å². The minimum absolute atomic E-state index is 0.0558. The van der Waals surface area contributed by atoms with Crippen molar-refractivity contribution in [1.82, 2.24) is 4.98 Å². The van der Waals surface area contributed by atoms with Crippen molar-refractivity contribution in [2.24, 2.45) is 0 Å². The molecule has 26 heavy (non-hydrogen) atoms. The number of benzene rings is 2. The summed E-state index contributed by atoms with van der Waals surface area (Å²) in [5.41, 5.74) is 2.24. The Balaban J connectivity index is 1.76. The van der Waals surface area contributed by atoms with Crippen LogP contribution in [0, 0.1) is 6.92 Å². The van der Waals surface area contributed by atoms with Gasteiger partial charge in [0.1, 0.15) is 17.9 Å². The summed E-state index contributed by atoms with van der Waals surface area (Å²) in [5, 5.41) is 2.76. The number of hydrogen-bond donors (Lipinski definition) is 1.